The zero-order valence-electron chi connectivity index (χ0n) is 26.7. The van der Waals surface area contributed by atoms with E-state index in [0.717, 1.165) is 52.9 Å². The Bertz CT molecular complexity index is 1990. The Balaban J connectivity index is 0.000000249. The molecule has 6 aromatic rings. The van der Waals surface area contributed by atoms with E-state index in [1.165, 1.54) is 37.7 Å². The van der Waals surface area contributed by atoms with Crippen LogP contribution in [-0.4, -0.2) is 15.9 Å². The van der Waals surface area contributed by atoms with Crippen LogP contribution in [0.25, 0.3) is 53.2 Å². The number of aliphatic hydroxyl groups is 1. The number of carbonyl (C=O) groups excluding carboxylic acids is 1. The molecular weight excluding hydrogens is 753 g/mol. The maximum absolute atomic E-state index is 11.7. The molecule has 6 heteroatoms. The number of aromatic nitrogens is 2. The van der Waals surface area contributed by atoms with Crippen LogP contribution in [0.1, 0.15) is 58.9 Å². The minimum absolute atomic E-state index is 0. The number of rotatable bonds is 8. The Labute approximate surface area is 284 Å². The number of thiophene rings is 1. The van der Waals surface area contributed by atoms with Crippen LogP contribution < -0.4 is 4.57 Å². The Morgan fingerprint density at radius 3 is 2.31 bits per heavy atom. The first-order valence-electron chi connectivity index (χ1n) is 15.6. The van der Waals surface area contributed by atoms with Crippen LogP contribution in [0.5, 0.6) is 0 Å². The zero-order chi connectivity index (χ0) is 31.4. The third-order valence-electron chi connectivity index (χ3n) is 8.69. The Hall–Kier alpha value is -3.57. The van der Waals surface area contributed by atoms with Crippen LogP contribution in [0.15, 0.2) is 84.8 Å². The van der Waals surface area contributed by atoms with Crippen molar-refractivity contribution < 1.29 is 34.6 Å². The van der Waals surface area contributed by atoms with E-state index in [0.29, 0.717) is 0 Å². The number of aryl methyl sites for hydroxylation is 1. The summed E-state index contributed by atoms with van der Waals surface area (Å²) >= 11 is 1.73. The molecule has 0 saturated carbocycles. The first-order valence-corrected chi connectivity index (χ1v) is 16.4. The second kappa shape index (κ2) is 15.1. The summed E-state index contributed by atoms with van der Waals surface area (Å²) < 4.78 is 3.26. The van der Waals surface area contributed by atoms with Gasteiger partial charge in [0.05, 0.1) is 5.76 Å². The molecule has 3 heterocycles. The van der Waals surface area contributed by atoms with Crippen molar-refractivity contribution in [2.45, 2.75) is 60.3 Å². The molecule has 0 aliphatic heterocycles. The summed E-state index contributed by atoms with van der Waals surface area (Å²) in [5, 5.41) is 15.9. The Kier molecular flexibility index (Phi) is 11.5. The van der Waals surface area contributed by atoms with Crippen LogP contribution in [0.2, 0.25) is 0 Å². The molecular formula is C39H41IrN2O2S-. The van der Waals surface area contributed by atoms with E-state index in [9.17, 15) is 9.90 Å². The van der Waals surface area contributed by atoms with Crippen LogP contribution in [0, 0.1) is 31.9 Å². The average Bonchev–Trinajstić information content (AvgIpc) is 3.41. The number of benzene rings is 3. The third kappa shape index (κ3) is 6.99. The first kappa shape index (κ1) is 34.3. The predicted molar refractivity (Wildman–Crippen MR) is 186 cm³/mol. The molecule has 235 valence electrons. The van der Waals surface area contributed by atoms with Gasteiger partial charge in [0.2, 0.25) is 0 Å². The van der Waals surface area contributed by atoms with Gasteiger partial charge >= 0.3 is 0 Å². The second-order valence-corrected chi connectivity index (χ2v) is 12.4. The van der Waals surface area contributed by atoms with Crippen molar-refractivity contribution in [3.63, 3.8) is 0 Å². The molecule has 0 amide bonds. The van der Waals surface area contributed by atoms with E-state index in [1.54, 1.807) is 11.3 Å². The topological polar surface area (TPSA) is 54.1 Å². The SMILES string of the molecule is CCC(CC)C(=O)/C=C(\O)C(CC)CC.[CH2-][n+]1c(-c2[c-]c(C)cc3c2sc2ncccc23)ccc2c3ccccc3ccc21.[Ir]. The standard InChI is InChI=1S/C26H17N2S.C13H24O2.Ir/c1-16-14-21-20-8-5-13-27-26(20)29-25(21)22(15-16)24-12-10-19-18-7-4-3-6-17(18)9-11-23(19)28(24)2;1-5-10(6-2)12(14)9-13(15)11(7-3)8-4;/h3-14H,2H2,1H3;9-11,14H,5-8H2,1-4H3;/q-1;;/b;12-9-;. The van der Waals surface area contributed by atoms with Crippen LogP contribution in [-0.2, 0) is 24.9 Å². The molecule has 3 aromatic carbocycles. The number of pyridine rings is 2. The van der Waals surface area contributed by atoms with Crippen molar-refractivity contribution in [2.75, 3.05) is 0 Å². The van der Waals surface area contributed by atoms with Gasteiger partial charge in [0.1, 0.15) is 16.0 Å². The van der Waals surface area contributed by atoms with Gasteiger partial charge in [-0.25, -0.2) is 4.98 Å². The van der Waals surface area contributed by atoms with Gasteiger partial charge in [0.25, 0.3) is 0 Å². The van der Waals surface area contributed by atoms with Crippen molar-refractivity contribution >= 4 is 59.1 Å². The Morgan fingerprint density at radius 1 is 0.911 bits per heavy atom. The first-order chi connectivity index (χ1) is 21.3. The number of fused-ring (bicyclic) bond motifs is 6. The molecule has 1 radical (unpaired) electrons. The van der Waals surface area contributed by atoms with Crippen LogP contribution in [0.4, 0.5) is 0 Å². The van der Waals surface area contributed by atoms with Gasteiger partial charge in [-0.1, -0.05) is 88.0 Å². The maximum Gasteiger partial charge on any atom is 0.162 e. The number of hydrogen-bond donors (Lipinski definition) is 1. The fourth-order valence-electron chi connectivity index (χ4n) is 6.04. The molecule has 1 N–H and O–H groups in total. The molecule has 0 atom stereocenters. The predicted octanol–water partition coefficient (Wildman–Crippen LogP) is 10.3. The third-order valence-corrected chi connectivity index (χ3v) is 9.84. The number of hydrogen-bond acceptors (Lipinski definition) is 4. The van der Waals surface area contributed by atoms with E-state index in [1.807, 2.05) is 44.5 Å². The van der Waals surface area contributed by atoms with E-state index < -0.39 is 0 Å². The summed E-state index contributed by atoms with van der Waals surface area (Å²) in [5.41, 5.74) is 4.39. The van der Waals surface area contributed by atoms with Gasteiger partial charge in [0, 0.05) is 51.3 Å². The maximum atomic E-state index is 11.7. The smallest absolute Gasteiger partial charge is 0.162 e. The number of aliphatic hydroxyl groups excluding tert-OH is 1. The molecule has 0 aliphatic carbocycles. The van der Waals surface area contributed by atoms with E-state index in [2.05, 4.69) is 85.7 Å². The van der Waals surface area contributed by atoms with E-state index in [4.69, 9.17) is 0 Å². The summed E-state index contributed by atoms with van der Waals surface area (Å²) in [6.45, 7) is 10.2. The van der Waals surface area contributed by atoms with Gasteiger partial charge in [-0.3, -0.25) is 4.79 Å². The van der Waals surface area contributed by atoms with Crippen molar-refractivity contribution in [2.24, 2.45) is 11.8 Å². The minimum atomic E-state index is 0. The monoisotopic (exact) mass is 794 g/mol. The molecule has 0 bridgehead atoms. The molecule has 0 aliphatic rings. The van der Waals surface area contributed by atoms with Crippen LogP contribution >= 0.6 is 11.3 Å². The van der Waals surface area contributed by atoms with Gasteiger partial charge in [0.15, 0.2) is 5.78 Å². The van der Waals surface area contributed by atoms with Crippen molar-refractivity contribution in [1.82, 2.24) is 4.98 Å². The summed E-state index contributed by atoms with van der Waals surface area (Å²) in [7, 11) is 4.41. The van der Waals surface area contributed by atoms with Crippen molar-refractivity contribution in [3.8, 4) is 11.3 Å². The van der Waals surface area contributed by atoms with E-state index in [-0.39, 0.29) is 43.5 Å². The number of allylic oxidation sites excluding steroid dienone is 2. The number of carbonyl (C=O) groups is 1. The number of nitrogens with zero attached hydrogens (tertiary/aromatic N) is 2. The van der Waals surface area contributed by atoms with Gasteiger partial charge in [-0.2, -0.15) is 11.3 Å². The summed E-state index contributed by atoms with van der Waals surface area (Å²) in [4.78, 5) is 17.3. The molecule has 3 aromatic heterocycles. The molecule has 0 saturated heterocycles. The fraction of sp³-hybridized carbons (Fsp3) is 0.282. The molecule has 0 spiro atoms. The van der Waals surface area contributed by atoms with Crippen molar-refractivity contribution in [1.29, 1.82) is 0 Å². The second-order valence-electron chi connectivity index (χ2n) is 11.4. The fourth-order valence-corrected chi connectivity index (χ4v) is 7.17. The van der Waals surface area contributed by atoms with Crippen LogP contribution in [0.3, 0.4) is 0 Å². The summed E-state index contributed by atoms with van der Waals surface area (Å²) in [6.07, 6.45) is 6.76. The summed E-state index contributed by atoms with van der Waals surface area (Å²) in [6, 6.07) is 27.2. The molecule has 4 nitrogen and oxygen atoms in total. The zero-order valence-corrected chi connectivity index (χ0v) is 29.9. The quantitative estimate of drug-likeness (QED) is 0.0549. The molecule has 0 unspecified atom stereocenters. The summed E-state index contributed by atoms with van der Waals surface area (Å²) in [5.74, 6) is 0.547. The van der Waals surface area contributed by atoms with Gasteiger partial charge < -0.3 is 9.67 Å². The number of ketones is 1. The Morgan fingerprint density at radius 2 is 1.60 bits per heavy atom. The molecule has 45 heavy (non-hydrogen) atoms. The molecule has 0 fully saturated rings. The largest absolute Gasteiger partial charge is 0.512 e. The average molecular weight is 794 g/mol. The normalized spacial score (nSPS) is 11.8. The minimum Gasteiger partial charge on any atom is -0.512 e. The van der Waals surface area contributed by atoms with E-state index >= 15 is 0 Å². The molecule has 6 rings (SSSR count). The van der Waals surface area contributed by atoms with Gasteiger partial charge in [-0.15, -0.1) is 17.7 Å². The van der Waals surface area contributed by atoms with Gasteiger partial charge in [-0.05, 0) is 70.1 Å². The van der Waals surface area contributed by atoms with Crippen molar-refractivity contribution in [3.05, 3.63) is 103 Å².